The molecule has 3 rings (SSSR count). The third-order valence-corrected chi connectivity index (χ3v) is 4.07. The topological polar surface area (TPSA) is 3.24 Å². The smallest absolute Gasteiger partial charge is 0.123 e. The molecule has 0 radical (unpaired) electrons. The number of hydrogen-bond acceptors (Lipinski definition) is 1. The molecule has 1 heterocycles. The Morgan fingerprint density at radius 2 is 2.00 bits per heavy atom. The van der Waals surface area contributed by atoms with E-state index in [1.807, 2.05) is 6.07 Å². The van der Waals surface area contributed by atoms with Crippen molar-refractivity contribution in [2.75, 3.05) is 6.54 Å². The van der Waals surface area contributed by atoms with Crippen molar-refractivity contribution in [3.8, 4) is 0 Å². The van der Waals surface area contributed by atoms with Crippen LogP contribution in [-0.4, -0.2) is 11.4 Å². The summed E-state index contributed by atoms with van der Waals surface area (Å²) in [5.74, 6) is -0.145. The van der Waals surface area contributed by atoms with Gasteiger partial charge < -0.3 is 0 Å². The van der Waals surface area contributed by atoms with Gasteiger partial charge in [-0.2, -0.15) is 0 Å². The maximum atomic E-state index is 13.3. The van der Waals surface area contributed by atoms with Crippen LogP contribution in [0.4, 0.5) is 4.39 Å². The second kappa shape index (κ2) is 5.76. The summed E-state index contributed by atoms with van der Waals surface area (Å²) >= 11 is 0. The zero-order chi connectivity index (χ0) is 13.9. The Balaban J connectivity index is 1.79. The van der Waals surface area contributed by atoms with Crippen LogP contribution in [0.5, 0.6) is 0 Å². The molecule has 0 spiro atoms. The summed E-state index contributed by atoms with van der Waals surface area (Å²) in [6.07, 6.45) is 2.41. The van der Waals surface area contributed by atoms with E-state index in [-0.39, 0.29) is 5.82 Å². The van der Waals surface area contributed by atoms with Crippen molar-refractivity contribution < 1.29 is 4.39 Å². The molecule has 1 atom stereocenters. The SMILES string of the molecule is Cc1cccc(C2CCCN2Cc2cccc(F)c2)c1. The number of rotatable bonds is 3. The summed E-state index contributed by atoms with van der Waals surface area (Å²) in [4.78, 5) is 2.46. The molecule has 2 aromatic carbocycles. The lowest BCUT2D eigenvalue weighted by Crippen LogP contribution is -2.22. The number of nitrogens with zero attached hydrogens (tertiary/aromatic N) is 1. The van der Waals surface area contributed by atoms with Gasteiger partial charge >= 0.3 is 0 Å². The molecule has 1 nitrogen and oxygen atoms in total. The Labute approximate surface area is 120 Å². The fourth-order valence-corrected chi connectivity index (χ4v) is 3.14. The average Bonchev–Trinajstić information content (AvgIpc) is 2.87. The quantitative estimate of drug-likeness (QED) is 0.794. The Morgan fingerprint density at radius 1 is 1.15 bits per heavy atom. The zero-order valence-corrected chi connectivity index (χ0v) is 11.8. The second-order valence-corrected chi connectivity index (χ2v) is 5.67. The minimum atomic E-state index is -0.145. The standard InChI is InChI=1S/C18H20FN/c1-14-5-2-7-16(11-14)18-9-4-10-20(18)13-15-6-3-8-17(19)12-15/h2-3,5-8,11-12,18H,4,9-10,13H2,1H3. The average molecular weight is 269 g/mol. The van der Waals surface area contributed by atoms with E-state index in [9.17, 15) is 4.39 Å². The minimum absolute atomic E-state index is 0.145. The molecule has 0 amide bonds. The highest BCUT2D eigenvalue weighted by Crippen LogP contribution is 2.33. The summed E-state index contributed by atoms with van der Waals surface area (Å²) in [6.45, 7) is 4.06. The first-order chi connectivity index (χ1) is 9.72. The molecule has 0 bridgehead atoms. The molecule has 1 aliphatic rings. The molecule has 0 aromatic heterocycles. The van der Waals surface area contributed by atoms with Gasteiger partial charge in [0.2, 0.25) is 0 Å². The predicted octanol–water partition coefficient (Wildman–Crippen LogP) is 4.47. The van der Waals surface area contributed by atoms with Gasteiger partial charge in [0.1, 0.15) is 5.82 Å². The molecule has 20 heavy (non-hydrogen) atoms. The molecule has 2 aromatic rings. The largest absolute Gasteiger partial charge is 0.292 e. The van der Waals surface area contributed by atoms with Gasteiger partial charge in [-0.1, -0.05) is 42.0 Å². The lowest BCUT2D eigenvalue weighted by atomic mass is 10.0. The number of likely N-dealkylation sites (tertiary alicyclic amines) is 1. The summed E-state index contributed by atoms with van der Waals surface area (Å²) < 4.78 is 13.3. The Kier molecular flexibility index (Phi) is 3.83. The number of aryl methyl sites for hydroxylation is 1. The predicted molar refractivity (Wildman–Crippen MR) is 80.0 cm³/mol. The van der Waals surface area contributed by atoms with E-state index in [0.717, 1.165) is 18.7 Å². The molecular formula is C18H20FN. The maximum absolute atomic E-state index is 13.3. The summed E-state index contributed by atoms with van der Waals surface area (Å²) in [5.41, 5.74) is 3.75. The molecular weight excluding hydrogens is 249 g/mol. The fraction of sp³-hybridized carbons (Fsp3) is 0.333. The first-order valence-corrected chi connectivity index (χ1v) is 7.27. The van der Waals surface area contributed by atoms with Crippen LogP contribution in [0.2, 0.25) is 0 Å². The zero-order valence-electron chi connectivity index (χ0n) is 11.8. The van der Waals surface area contributed by atoms with Crippen LogP contribution in [-0.2, 0) is 6.54 Å². The van der Waals surface area contributed by atoms with Gasteiger partial charge in [0.25, 0.3) is 0 Å². The van der Waals surface area contributed by atoms with Gasteiger partial charge in [-0.25, -0.2) is 4.39 Å². The van der Waals surface area contributed by atoms with Crippen molar-refractivity contribution in [1.29, 1.82) is 0 Å². The molecule has 0 aliphatic carbocycles. The monoisotopic (exact) mass is 269 g/mol. The highest BCUT2D eigenvalue weighted by molar-refractivity contribution is 5.26. The first-order valence-electron chi connectivity index (χ1n) is 7.27. The summed E-state index contributed by atoms with van der Waals surface area (Å²) in [7, 11) is 0. The van der Waals surface area contributed by atoms with E-state index in [2.05, 4.69) is 36.1 Å². The van der Waals surface area contributed by atoms with Crippen LogP contribution >= 0.6 is 0 Å². The van der Waals surface area contributed by atoms with Gasteiger partial charge in [-0.15, -0.1) is 0 Å². The van der Waals surface area contributed by atoms with Crippen molar-refractivity contribution in [3.63, 3.8) is 0 Å². The van der Waals surface area contributed by atoms with Gasteiger partial charge in [0, 0.05) is 12.6 Å². The Morgan fingerprint density at radius 3 is 2.80 bits per heavy atom. The van der Waals surface area contributed by atoms with E-state index in [4.69, 9.17) is 0 Å². The third kappa shape index (κ3) is 2.91. The molecule has 1 unspecified atom stereocenters. The van der Waals surface area contributed by atoms with Crippen LogP contribution in [0.1, 0.15) is 35.6 Å². The summed E-state index contributed by atoms with van der Waals surface area (Å²) in [5, 5.41) is 0. The molecule has 1 aliphatic heterocycles. The fourth-order valence-electron chi connectivity index (χ4n) is 3.14. The van der Waals surface area contributed by atoms with Crippen LogP contribution in [0.3, 0.4) is 0 Å². The normalized spacial score (nSPS) is 19.4. The maximum Gasteiger partial charge on any atom is 0.123 e. The number of halogens is 1. The molecule has 0 N–H and O–H groups in total. The lowest BCUT2D eigenvalue weighted by Gasteiger charge is -2.25. The van der Waals surface area contributed by atoms with E-state index in [1.54, 1.807) is 12.1 Å². The highest BCUT2D eigenvalue weighted by Gasteiger charge is 2.25. The van der Waals surface area contributed by atoms with Crippen molar-refractivity contribution in [3.05, 3.63) is 71.0 Å². The van der Waals surface area contributed by atoms with Crippen LogP contribution < -0.4 is 0 Å². The molecule has 2 heteroatoms. The number of hydrogen-bond donors (Lipinski definition) is 0. The van der Waals surface area contributed by atoms with Gasteiger partial charge in [-0.05, 0) is 49.6 Å². The lowest BCUT2D eigenvalue weighted by molar-refractivity contribution is 0.248. The van der Waals surface area contributed by atoms with Gasteiger partial charge in [0.15, 0.2) is 0 Å². The molecule has 1 saturated heterocycles. The van der Waals surface area contributed by atoms with Crippen LogP contribution in [0, 0.1) is 12.7 Å². The van der Waals surface area contributed by atoms with Gasteiger partial charge in [0.05, 0.1) is 0 Å². The number of benzene rings is 2. The van der Waals surface area contributed by atoms with Crippen LogP contribution in [0.15, 0.2) is 48.5 Å². The first kappa shape index (κ1) is 13.3. The highest BCUT2D eigenvalue weighted by atomic mass is 19.1. The van der Waals surface area contributed by atoms with Crippen molar-refractivity contribution in [1.82, 2.24) is 4.90 Å². The van der Waals surface area contributed by atoms with Crippen molar-refractivity contribution >= 4 is 0 Å². The van der Waals surface area contributed by atoms with Gasteiger partial charge in [-0.3, -0.25) is 4.90 Å². The molecule has 0 saturated carbocycles. The Bertz CT molecular complexity index is 593. The van der Waals surface area contributed by atoms with Crippen molar-refractivity contribution in [2.24, 2.45) is 0 Å². The molecule has 1 fully saturated rings. The van der Waals surface area contributed by atoms with E-state index in [1.165, 1.54) is 30.0 Å². The Hall–Kier alpha value is -1.67. The van der Waals surface area contributed by atoms with E-state index < -0.39 is 0 Å². The van der Waals surface area contributed by atoms with E-state index >= 15 is 0 Å². The molecule has 104 valence electrons. The van der Waals surface area contributed by atoms with E-state index in [0.29, 0.717) is 6.04 Å². The van der Waals surface area contributed by atoms with Crippen molar-refractivity contribution in [2.45, 2.75) is 32.4 Å². The summed E-state index contributed by atoms with van der Waals surface area (Å²) in [6, 6.07) is 16.2. The second-order valence-electron chi connectivity index (χ2n) is 5.67. The third-order valence-electron chi connectivity index (χ3n) is 4.07. The van der Waals surface area contributed by atoms with Crippen LogP contribution in [0.25, 0.3) is 0 Å². The minimum Gasteiger partial charge on any atom is -0.292 e.